The number of hydrogen-bond acceptors (Lipinski definition) is 5. The minimum Gasteiger partial charge on any atom is -0.356 e. The largest absolute Gasteiger partial charge is 0.434 e. The van der Waals surface area contributed by atoms with Crippen molar-refractivity contribution in [2.24, 2.45) is 4.99 Å². The number of alkyl halides is 3. The van der Waals surface area contributed by atoms with Gasteiger partial charge in [-0.3, -0.25) is 4.99 Å². The molecule has 0 radical (unpaired) electrons. The summed E-state index contributed by atoms with van der Waals surface area (Å²) in [7, 11) is -0.406. The predicted molar refractivity (Wildman–Crippen MR) is 123 cm³/mol. The molecule has 0 bridgehead atoms. The number of rotatable bonds is 8. The fourth-order valence-electron chi connectivity index (χ4n) is 2.37. The third-order valence-corrected chi connectivity index (χ3v) is 6.06. The van der Waals surface area contributed by atoms with Gasteiger partial charge in [-0.2, -0.15) is 13.2 Å². The lowest BCUT2D eigenvalue weighted by Gasteiger charge is -2.12. The zero-order valence-corrected chi connectivity index (χ0v) is 20.2. The van der Waals surface area contributed by atoms with Gasteiger partial charge in [0.25, 0.3) is 0 Å². The van der Waals surface area contributed by atoms with Gasteiger partial charge < -0.3 is 10.6 Å². The molecular weight excluding hydrogens is 554 g/mol. The first-order chi connectivity index (χ1) is 13.6. The average molecular weight is 577 g/mol. The van der Waals surface area contributed by atoms with Gasteiger partial charge in [0.1, 0.15) is 0 Å². The van der Waals surface area contributed by atoms with E-state index in [1.54, 1.807) is 25.2 Å². The number of aliphatic imine (C=N–C) groups is 1. The Labute approximate surface area is 194 Å². The number of nitrogens with zero attached hydrogens (tertiary/aromatic N) is 2. The van der Waals surface area contributed by atoms with Crippen molar-refractivity contribution in [2.75, 3.05) is 20.6 Å². The summed E-state index contributed by atoms with van der Waals surface area (Å²) < 4.78 is 63.3. The standard InChI is InChI=1S/C17H22F3N5O2S2.HI/c1-21-16(23-7-6-15-25-14(10-28-15)17(18,19)20)24-9-12-4-3-5-13(8-12)11-29(26,27)22-2;/h3-5,8,10,22H,6-7,9,11H2,1-2H3,(H2,21,23,24);1H. The first-order valence-electron chi connectivity index (χ1n) is 8.58. The maximum absolute atomic E-state index is 12.6. The molecule has 3 N–H and O–H groups in total. The van der Waals surface area contributed by atoms with Gasteiger partial charge in [0.05, 0.1) is 10.8 Å². The monoisotopic (exact) mass is 577 g/mol. The fourth-order valence-corrected chi connectivity index (χ4v) is 3.94. The summed E-state index contributed by atoms with van der Waals surface area (Å²) in [5, 5.41) is 7.49. The van der Waals surface area contributed by atoms with Gasteiger partial charge in [-0.05, 0) is 18.2 Å². The molecule has 168 valence electrons. The first-order valence-corrected chi connectivity index (χ1v) is 11.1. The molecule has 0 amide bonds. The van der Waals surface area contributed by atoms with Crippen molar-refractivity contribution in [3.8, 4) is 0 Å². The van der Waals surface area contributed by atoms with Crippen LogP contribution in [0.3, 0.4) is 0 Å². The van der Waals surface area contributed by atoms with Gasteiger partial charge in [-0.25, -0.2) is 18.1 Å². The molecule has 0 aliphatic heterocycles. The van der Waals surface area contributed by atoms with Gasteiger partial charge >= 0.3 is 6.18 Å². The van der Waals surface area contributed by atoms with Crippen molar-refractivity contribution < 1.29 is 21.6 Å². The summed E-state index contributed by atoms with van der Waals surface area (Å²) in [6.45, 7) is 0.771. The zero-order valence-electron chi connectivity index (χ0n) is 16.3. The molecule has 1 heterocycles. The van der Waals surface area contributed by atoms with Crippen LogP contribution in [0, 0.1) is 0 Å². The van der Waals surface area contributed by atoms with E-state index in [0.717, 1.165) is 22.3 Å². The molecule has 30 heavy (non-hydrogen) atoms. The van der Waals surface area contributed by atoms with Crippen LogP contribution >= 0.6 is 35.3 Å². The van der Waals surface area contributed by atoms with Gasteiger partial charge in [0, 0.05) is 31.9 Å². The highest BCUT2D eigenvalue weighted by Crippen LogP contribution is 2.29. The van der Waals surface area contributed by atoms with Gasteiger partial charge in [-0.15, -0.1) is 35.3 Å². The van der Waals surface area contributed by atoms with E-state index in [2.05, 4.69) is 25.3 Å². The Morgan fingerprint density at radius 2 is 1.93 bits per heavy atom. The van der Waals surface area contributed by atoms with E-state index in [9.17, 15) is 21.6 Å². The summed E-state index contributed by atoms with van der Waals surface area (Å²) in [5.41, 5.74) is 0.650. The second-order valence-corrected chi connectivity index (χ2v) is 8.88. The SMILES string of the molecule is CN=C(NCCc1nc(C(F)(F)F)cs1)NCc1cccc(CS(=O)(=O)NC)c1.I. The van der Waals surface area contributed by atoms with Crippen LogP contribution < -0.4 is 15.4 Å². The van der Waals surface area contributed by atoms with Crippen LogP contribution in [0.15, 0.2) is 34.6 Å². The Hall–Kier alpha value is -1.45. The quantitative estimate of drug-likeness (QED) is 0.255. The van der Waals surface area contributed by atoms with E-state index < -0.39 is 21.9 Å². The molecule has 13 heteroatoms. The highest BCUT2D eigenvalue weighted by Gasteiger charge is 2.33. The van der Waals surface area contributed by atoms with Crippen molar-refractivity contribution in [3.05, 3.63) is 51.5 Å². The lowest BCUT2D eigenvalue weighted by atomic mass is 10.1. The van der Waals surface area contributed by atoms with E-state index in [0.29, 0.717) is 36.0 Å². The minimum absolute atomic E-state index is 0. The Bertz CT molecular complexity index is 949. The van der Waals surface area contributed by atoms with Crippen molar-refractivity contribution in [1.29, 1.82) is 0 Å². The smallest absolute Gasteiger partial charge is 0.356 e. The number of benzene rings is 1. The molecule has 1 aromatic heterocycles. The van der Waals surface area contributed by atoms with Crippen LogP contribution in [0.2, 0.25) is 0 Å². The van der Waals surface area contributed by atoms with Crippen LogP contribution in [0.25, 0.3) is 0 Å². The highest BCUT2D eigenvalue weighted by molar-refractivity contribution is 14.0. The first kappa shape index (κ1) is 26.6. The van der Waals surface area contributed by atoms with Crippen LogP contribution in [0.1, 0.15) is 21.8 Å². The number of hydrogen-bond donors (Lipinski definition) is 3. The summed E-state index contributed by atoms with van der Waals surface area (Å²) in [6, 6.07) is 7.14. The van der Waals surface area contributed by atoms with Gasteiger partial charge in [-0.1, -0.05) is 24.3 Å². The molecule has 0 aliphatic rings. The second kappa shape index (κ2) is 11.8. The molecule has 0 saturated heterocycles. The second-order valence-electron chi connectivity index (χ2n) is 6.01. The summed E-state index contributed by atoms with van der Waals surface area (Å²) in [4.78, 5) is 7.65. The zero-order chi connectivity index (χ0) is 21.5. The predicted octanol–water partition coefficient (Wildman–Crippen LogP) is 2.74. The molecule has 0 saturated carbocycles. The molecule has 7 nitrogen and oxygen atoms in total. The molecule has 0 unspecified atom stereocenters. The van der Waals surface area contributed by atoms with E-state index in [4.69, 9.17) is 0 Å². The topological polar surface area (TPSA) is 95.5 Å². The fraction of sp³-hybridized carbons (Fsp3) is 0.412. The van der Waals surface area contributed by atoms with Crippen LogP contribution in [-0.2, 0) is 34.9 Å². The minimum atomic E-state index is -4.43. The highest BCUT2D eigenvalue weighted by atomic mass is 127. The Morgan fingerprint density at radius 3 is 2.53 bits per heavy atom. The molecule has 2 aromatic rings. The molecule has 2 rings (SSSR count). The van der Waals surface area contributed by atoms with Crippen molar-refractivity contribution in [3.63, 3.8) is 0 Å². The summed E-state index contributed by atoms with van der Waals surface area (Å²) in [6.07, 6.45) is -4.10. The lowest BCUT2D eigenvalue weighted by molar-refractivity contribution is -0.140. The van der Waals surface area contributed by atoms with Crippen molar-refractivity contribution in [2.45, 2.75) is 24.9 Å². The number of halogens is 4. The van der Waals surface area contributed by atoms with Crippen LogP contribution in [0.4, 0.5) is 13.2 Å². The molecule has 0 fully saturated rings. The van der Waals surface area contributed by atoms with Crippen molar-refractivity contribution >= 4 is 51.3 Å². The van der Waals surface area contributed by atoms with Gasteiger partial charge in [0.15, 0.2) is 11.7 Å². The van der Waals surface area contributed by atoms with E-state index >= 15 is 0 Å². The molecule has 1 aromatic carbocycles. The van der Waals surface area contributed by atoms with Crippen LogP contribution in [0.5, 0.6) is 0 Å². The van der Waals surface area contributed by atoms with Gasteiger partial charge in [0.2, 0.25) is 10.0 Å². The number of aromatic nitrogens is 1. The average Bonchev–Trinajstić information content (AvgIpc) is 3.14. The van der Waals surface area contributed by atoms with Crippen LogP contribution in [-0.4, -0.2) is 40.0 Å². The molecular formula is C17H23F3IN5O2S2. The summed E-state index contributed by atoms with van der Waals surface area (Å²) >= 11 is 0.968. The van der Waals surface area contributed by atoms with E-state index in [1.807, 2.05) is 6.07 Å². The molecule has 0 atom stereocenters. The Morgan fingerprint density at radius 1 is 1.23 bits per heavy atom. The lowest BCUT2D eigenvalue weighted by Crippen LogP contribution is -2.37. The summed E-state index contributed by atoms with van der Waals surface area (Å²) in [5.74, 6) is 0.365. The number of sulfonamides is 1. The van der Waals surface area contributed by atoms with Crippen molar-refractivity contribution in [1.82, 2.24) is 20.3 Å². The maximum Gasteiger partial charge on any atom is 0.434 e. The third-order valence-electron chi connectivity index (χ3n) is 3.82. The normalized spacial score (nSPS) is 12.4. The number of thiazole rings is 1. The molecule has 0 aliphatic carbocycles. The third kappa shape index (κ3) is 8.73. The molecule has 0 spiro atoms. The van der Waals surface area contributed by atoms with E-state index in [1.165, 1.54) is 7.05 Å². The number of guanidine groups is 1. The van der Waals surface area contributed by atoms with E-state index in [-0.39, 0.29) is 29.7 Å². The number of nitrogens with one attached hydrogen (secondary N) is 3. The Kier molecular flexibility index (Phi) is 10.5. The maximum atomic E-state index is 12.6. The Balaban J connectivity index is 0.00000450.